The highest BCUT2D eigenvalue weighted by molar-refractivity contribution is 5.92. The van der Waals surface area contributed by atoms with E-state index in [0.29, 0.717) is 18.7 Å². The average Bonchev–Trinajstić information content (AvgIpc) is 2.47. The maximum atomic E-state index is 12.1. The number of nitrogens with zero attached hydrogens (tertiary/aromatic N) is 2. The van der Waals surface area contributed by atoms with Crippen LogP contribution in [-0.4, -0.2) is 34.9 Å². The molecule has 1 aliphatic rings. The second-order valence-corrected chi connectivity index (χ2v) is 5.36. The minimum Gasteiger partial charge on any atom is -0.339 e. The van der Waals surface area contributed by atoms with E-state index in [1.54, 1.807) is 23.1 Å². The Bertz CT molecular complexity index is 571. The molecule has 0 spiro atoms. The van der Waals surface area contributed by atoms with E-state index in [1.165, 1.54) is 18.2 Å². The fraction of sp³-hybridized carbons (Fsp3) is 0.400. The Kier molecular flexibility index (Phi) is 4.70. The van der Waals surface area contributed by atoms with Crippen molar-refractivity contribution in [2.75, 3.05) is 13.1 Å². The minimum atomic E-state index is -0.452. The number of hydrogen-bond donors (Lipinski definition) is 1. The molecule has 1 fully saturated rings. The van der Waals surface area contributed by atoms with E-state index < -0.39 is 4.92 Å². The van der Waals surface area contributed by atoms with Gasteiger partial charge in [0.25, 0.3) is 5.69 Å². The van der Waals surface area contributed by atoms with Crippen LogP contribution in [0.3, 0.4) is 0 Å². The number of nitro benzene ring substituents is 1. The number of para-hydroxylation sites is 1. The highest BCUT2D eigenvalue weighted by atomic mass is 16.6. The van der Waals surface area contributed by atoms with Crippen molar-refractivity contribution in [3.05, 3.63) is 46.0 Å². The Balaban J connectivity index is 2.08. The number of nitro groups is 1. The van der Waals surface area contributed by atoms with E-state index in [1.807, 2.05) is 6.92 Å². The van der Waals surface area contributed by atoms with Crippen LogP contribution in [0.15, 0.2) is 30.3 Å². The summed E-state index contributed by atoms with van der Waals surface area (Å²) in [6, 6.07) is 6.49. The summed E-state index contributed by atoms with van der Waals surface area (Å²) in [6.45, 7) is 3.28. The summed E-state index contributed by atoms with van der Waals surface area (Å²) >= 11 is 0. The van der Waals surface area contributed by atoms with Crippen molar-refractivity contribution in [1.29, 1.82) is 0 Å². The molecular formula is C15H19N3O3. The van der Waals surface area contributed by atoms with Crippen molar-refractivity contribution in [3.63, 3.8) is 0 Å². The van der Waals surface area contributed by atoms with Gasteiger partial charge in [-0.3, -0.25) is 14.9 Å². The summed E-state index contributed by atoms with van der Waals surface area (Å²) < 4.78 is 0. The third kappa shape index (κ3) is 3.66. The first-order chi connectivity index (χ1) is 9.99. The van der Waals surface area contributed by atoms with Crippen molar-refractivity contribution in [1.82, 2.24) is 4.90 Å². The summed E-state index contributed by atoms with van der Waals surface area (Å²) in [5.41, 5.74) is 6.35. The van der Waals surface area contributed by atoms with Gasteiger partial charge in [-0.1, -0.05) is 19.1 Å². The molecule has 2 atom stereocenters. The third-order valence-corrected chi connectivity index (χ3v) is 3.82. The average molecular weight is 289 g/mol. The van der Waals surface area contributed by atoms with Crippen LogP contribution < -0.4 is 5.73 Å². The lowest BCUT2D eigenvalue weighted by Crippen LogP contribution is -2.47. The zero-order valence-corrected chi connectivity index (χ0v) is 11.9. The van der Waals surface area contributed by atoms with Crippen molar-refractivity contribution in [2.24, 2.45) is 11.7 Å². The van der Waals surface area contributed by atoms with Crippen molar-refractivity contribution in [2.45, 2.75) is 19.4 Å². The first kappa shape index (κ1) is 15.2. The number of amides is 1. The van der Waals surface area contributed by atoms with Gasteiger partial charge in [0.05, 0.1) is 10.5 Å². The highest BCUT2D eigenvalue weighted by Gasteiger charge is 2.25. The van der Waals surface area contributed by atoms with Gasteiger partial charge in [0.15, 0.2) is 0 Å². The molecule has 2 N–H and O–H groups in total. The summed E-state index contributed by atoms with van der Waals surface area (Å²) in [6.07, 6.45) is 3.68. The standard InChI is InChI=1S/C15H19N3O3/c1-11-10-17(9-8-13(11)16)15(19)7-6-12-4-2-3-5-14(12)18(20)21/h2-7,11,13H,8-10,16H2,1H3. The molecule has 6 nitrogen and oxygen atoms in total. The van der Waals surface area contributed by atoms with Gasteiger partial charge in [0, 0.05) is 31.3 Å². The number of likely N-dealkylation sites (tertiary alicyclic amines) is 1. The van der Waals surface area contributed by atoms with E-state index >= 15 is 0 Å². The van der Waals surface area contributed by atoms with Crippen LogP contribution in [0.1, 0.15) is 18.9 Å². The molecule has 6 heteroatoms. The Hall–Kier alpha value is -2.21. The van der Waals surface area contributed by atoms with Gasteiger partial charge in [-0.05, 0) is 24.5 Å². The predicted molar refractivity (Wildman–Crippen MR) is 80.5 cm³/mol. The third-order valence-electron chi connectivity index (χ3n) is 3.82. The predicted octanol–water partition coefficient (Wildman–Crippen LogP) is 1.80. The topological polar surface area (TPSA) is 89.5 Å². The minimum absolute atomic E-state index is 0.00409. The number of carbonyl (C=O) groups excluding carboxylic acids is 1. The van der Waals surface area contributed by atoms with Gasteiger partial charge in [-0.2, -0.15) is 0 Å². The smallest absolute Gasteiger partial charge is 0.276 e. The molecule has 21 heavy (non-hydrogen) atoms. The summed E-state index contributed by atoms with van der Waals surface area (Å²) in [5, 5.41) is 10.9. The second-order valence-electron chi connectivity index (χ2n) is 5.36. The van der Waals surface area contributed by atoms with Gasteiger partial charge in [-0.25, -0.2) is 0 Å². The van der Waals surface area contributed by atoms with Gasteiger partial charge in [0.1, 0.15) is 0 Å². The molecular weight excluding hydrogens is 270 g/mol. The van der Waals surface area contributed by atoms with E-state index in [9.17, 15) is 14.9 Å². The van der Waals surface area contributed by atoms with Crippen LogP contribution >= 0.6 is 0 Å². The molecule has 1 aromatic carbocycles. The molecule has 0 bridgehead atoms. The zero-order valence-electron chi connectivity index (χ0n) is 11.9. The SMILES string of the molecule is CC1CN(C(=O)C=Cc2ccccc2[N+](=O)[O-])CCC1N. The normalized spacial score (nSPS) is 22.5. The van der Waals surface area contributed by atoms with Crippen LogP contribution in [-0.2, 0) is 4.79 Å². The van der Waals surface area contributed by atoms with Gasteiger partial charge < -0.3 is 10.6 Å². The first-order valence-corrected chi connectivity index (χ1v) is 6.95. The molecule has 0 aromatic heterocycles. The van der Waals surface area contributed by atoms with Crippen LogP contribution in [0.5, 0.6) is 0 Å². The largest absolute Gasteiger partial charge is 0.339 e. The van der Waals surface area contributed by atoms with Crippen molar-refractivity contribution < 1.29 is 9.72 Å². The van der Waals surface area contributed by atoms with Gasteiger partial charge in [0.2, 0.25) is 5.91 Å². The van der Waals surface area contributed by atoms with Crippen LogP contribution in [0, 0.1) is 16.0 Å². The number of piperidine rings is 1. The summed E-state index contributed by atoms with van der Waals surface area (Å²) in [5.74, 6) is 0.133. The fourth-order valence-electron chi connectivity index (χ4n) is 2.43. The van der Waals surface area contributed by atoms with E-state index in [-0.39, 0.29) is 23.6 Å². The van der Waals surface area contributed by atoms with Crippen LogP contribution in [0.2, 0.25) is 0 Å². The van der Waals surface area contributed by atoms with E-state index in [0.717, 1.165) is 6.42 Å². The van der Waals surface area contributed by atoms with Crippen molar-refractivity contribution >= 4 is 17.7 Å². The molecule has 1 aliphatic heterocycles. The summed E-state index contributed by atoms with van der Waals surface area (Å²) in [7, 11) is 0. The number of nitrogens with two attached hydrogens (primary N) is 1. The van der Waals surface area contributed by atoms with Crippen LogP contribution in [0.25, 0.3) is 6.08 Å². The Morgan fingerprint density at radius 2 is 2.19 bits per heavy atom. The molecule has 1 amide bonds. The lowest BCUT2D eigenvalue weighted by molar-refractivity contribution is -0.385. The molecule has 1 saturated heterocycles. The fourth-order valence-corrected chi connectivity index (χ4v) is 2.43. The van der Waals surface area contributed by atoms with Crippen molar-refractivity contribution in [3.8, 4) is 0 Å². The maximum absolute atomic E-state index is 12.1. The quantitative estimate of drug-likeness (QED) is 0.522. The van der Waals surface area contributed by atoms with Gasteiger partial charge in [-0.15, -0.1) is 0 Å². The maximum Gasteiger partial charge on any atom is 0.276 e. The highest BCUT2D eigenvalue weighted by Crippen LogP contribution is 2.20. The number of carbonyl (C=O) groups is 1. The summed E-state index contributed by atoms with van der Waals surface area (Å²) in [4.78, 5) is 24.3. The zero-order chi connectivity index (χ0) is 15.4. The number of benzene rings is 1. The monoisotopic (exact) mass is 289 g/mol. The van der Waals surface area contributed by atoms with Gasteiger partial charge >= 0.3 is 0 Å². The Morgan fingerprint density at radius 3 is 2.86 bits per heavy atom. The lowest BCUT2D eigenvalue weighted by Gasteiger charge is -2.34. The molecule has 2 rings (SSSR count). The van der Waals surface area contributed by atoms with E-state index in [2.05, 4.69) is 0 Å². The Labute approximate surface area is 123 Å². The number of rotatable bonds is 3. The molecule has 1 aromatic rings. The molecule has 2 unspecified atom stereocenters. The molecule has 1 heterocycles. The molecule has 0 radical (unpaired) electrons. The molecule has 0 saturated carbocycles. The second kappa shape index (κ2) is 6.49. The Morgan fingerprint density at radius 1 is 1.48 bits per heavy atom. The number of hydrogen-bond acceptors (Lipinski definition) is 4. The van der Waals surface area contributed by atoms with E-state index in [4.69, 9.17) is 5.73 Å². The molecule has 0 aliphatic carbocycles. The lowest BCUT2D eigenvalue weighted by atomic mass is 9.95. The molecule has 112 valence electrons. The first-order valence-electron chi connectivity index (χ1n) is 6.95. The van der Waals surface area contributed by atoms with Crippen LogP contribution in [0.4, 0.5) is 5.69 Å².